The van der Waals surface area contributed by atoms with Crippen LogP contribution in [0.2, 0.25) is 0 Å². The number of aliphatic hydroxyl groups is 2. The number of aliphatic hydroxyl groups excluding tert-OH is 2. The maximum absolute atomic E-state index is 12.6. The number of phosphoric ester groups is 3. The average Bonchev–Trinajstić information content (AvgIpc) is 3.73. The Morgan fingerprint density at radius 2 is 1.69 bits per heavy atom. The number of nitrogens with zero attached hydrogens (tertiary/aromatic N) is 4. The number of imidazole rings is 1. The van der Waals surface area contributed by atoms with E-state index in [0.717, 1.165) is 67.5 Å². The number of thioether (sulfide) groups is 1. The number of fused-ring (bicyclic) bond motifs is 1. The van der Waals surface area contributed by atoms with Crippen molar-refractivity contribution in [1.29, 1.82) is 0 Å². The van der Waals surface area contributed by atoms with Gasteiger partial charge in [-0.25, -0.2) is 19.3 Å². The van der Waals surface area contributed by atoms with Crippen LogP contribution in [0.1, 0.15) is 71.9 Å². The molecule has 61 heavy (non-hydrogen) atoms. The molecule has 2 amide bonds. The number of aromatic nitrogens is 4. The predicted molar refractivity (Wildman–Crippen MR) is 210 cm³/mol. The molecule has 2 aromatic rings. The van der Waals surface area contributed by atoms with Gasteiger partial charge in [0.25, 0.3) is 15.6 Å². The third-order valence-electron chi connectivity index (χ3n) is 8.70. The van der Waals surface area contributed by atoms with Crippen LogP contribution in [-0.4, -0.2) is 103 Å². The van der Waals surface area contributed by atoms with Crippen molar-refractivity contribution in [3.8, 4) is 0 Å². The first kappa shape index (κ1) is 52.4. The van der Waals surface area contributed by atoms with E-state index in [9.17, 15) is 57.9 Å². The standard InChI is InChI=1S/C33H54N7O17P3S/c1-4-5-6-7-8-9-10-11-12-13-24(42)61-17-16-35-23(41)14-15-36-31(45)28(44)33(2,3)19-54-60(51,52)57-59(49,50)53-18-22-27(56-58(46,47)48)26(43)32(55-22)40-21-39-25-29(34)37-20-38-30(25)40/h4-5,12-13,20-22,26-28,32,43-44H,6-11,14-19H2,1-3H3,(H,35,41)(H,36,45)(H,49,50)(H,51,52)(H2,34,37,38)(H2,46,47,48)/p-4/b5-4+,13-12+/t22-,26-,27-,28+,32-/m1/s1. The number of carbonyl (C=O) groups excluding carboxylic acids is 3. The molecule has 0 bridgehead atoms. The van der Waals surface area contributed by atoms with E-state index in [-0.39, 0.29) is 41.6 Å². The molecule has 0 radical (unpaired) electrons. The van der Waals surface area contributed by atoms with E-state index in [2.05, 4.69) is 49.5 Å². The number of allylic oxidation sites excluding steroid dienone is 3. The molecule has 344 valence electrons. The van der Waals surface area contributed by atoms with Gasteiger partial charge in [-0.1, -0.05) is 56.7 Å². The summed E-state index contributed by atoms with van der Waals surface area (Å²) in [5.41, 5.74) is 4.07. The van der Waals surface area contributed by atoms with Crippen molar-refractivity contribution in [2.75, 3.05) is 37.8 Å². The Balaban J connectivity index is 1.40. The number of rotatable bonds is 27. The van der Waals surface area contributed by atoms with Crippen molar-refractivity contribution in [2.24, 2.45) is 5.41 Å². The number of nitrogens with two attached hydrogens (primary N) is 1. The largest absolute Gasteiger partial charge is 0.790 e. The van der Waals surface area contributed by atoms with Gasteiger partial charge in [-0.05, 0) is 38.7 Å². The van der Waals surface area contributed by atoms with Gasteiger partial charge in [0, 0.05) is 30.7 Å². The molecule has 28 heteroatoms. The van der Waals surface area contributed by atoms with E-state index in [1.54, 1.807) is 0 Å². The van der Waals surface area contributed by atoms with Crippen LogP contribution < -0.4 is 35.9 Å². The molecule has 3 heterocycles. The number of anilines is 1. The van der Waals surface area contributed by atoms with Gasteiger partial charge in [0.1, 0.15) is 36.3 Å². The third kappa shape index (κ3) is 18.0. The second kappa shape index (κ2) is 24.2. The van der Waals surface area contributed by atoms with Crippen LogP contribution in [0.4, 0.5) is 5.82 Å². The number of amides is 2. The molecule has 2 aromatic heterocycles. The number of carbonyl (C=O) groups is 3. The molecule has 0 aromatic carbocycles. The Labute approximate surface area is 355 Å². The fourth-order valence-electron chi connectivity index (χ4n) is 5.53. The van der Waals surface area contributed by atoms with E-state index in [1.165, 1.54) is 19.9 Å². The lowest BCUT2D eigenvalue weighted by molar-refractivity contribution is -0.347. The summed E-state index contributed by atoms with van der Waals surface area (Å²) in [6.07, 6.45) is 6.18. The Morgan fingerprint density at radius 3 is 2.36 bits per heavy atom. The number of ether oxygens (including phenoxy) is 1. The zero-order valence-corrected chi connectivity index (χ0v) is 37.0. The average molecular weight is 942 g/mol. The lowest BCUT2D eigenvalue weighted by Crippen LogP contribution is -2.46. The van der Waals surface area contributed by atoms with E-state index in [0.29, 0.717) is 5.75 Å². The minimum Gasteiger partial charge on any atom is -0.790 e. The minimum atomic E-state index is -5.92. The Morgan fingerprint density at radius 1 is 1.02 bits per heavy atom. The van der Waals surface area contributed by atoms with Crippen LogP contribution in [0.5, 0.6) is 0 Å². The van der Waals surface area contributed by atoms with Gasteiger partial charge in [-0.2, -0.15) is 0 Å². The van der Waals surface area contributed by atoms with Crippen LogP contribution >= 0.6 is 35.2 Å². The van der Waals surface area contributed by atoms with Crippen LogP contribution in [0.15, 0.2) is 37.0 Å². The molecule has 1 aliphatic rings. The molecule has 1 saturated heterocycles. The monoisotopic (exact) mass is 941 g/mol. The molecule has 6 N–H and O–H groups in total. The highest BCUT2D eigenvalue weighted by Crippen LogP contribution is 2.56. The number of phosphoric acid groups is 3. The zero-order chi connectivity index (χ0) is 45.4. The predicted octanol–water partition coefficient (Wildman–Crippen LogP) is -0.390. The second-order valence-corrected chi connectivity index (χ2v) is 19.3. The van der Waals surface area contributed by atoms with Gasteiger partial charge >= 0.3 is 0 Å². The minimum absolute atomic E-state index is 0.0211. The highest BCUT2D eigenvalue weighted by molar-refractivity contribution is 8.14. The van der Waals surface area contributed by atoms with E-state index in [1.807, 2.05) is 19.1 Å². The first-order valence-corrected chi connectivity index (χ1v) is 24.2. The van der Waals surface area contributed by atoms with Crippen molar-refractivity contribution in [1.82, 2.24) is 30.2 Å². The van der Waals surface area contributed by atoms with Gasteiger partial charge in [-0.3, -0.25) is 28.1 Å². The third-order valence-corrected chi connectivity index (χ3v) is 12.5. The second-order valence-electron chi connectivity index (χ2n) is 14.1. The van der Waals surface area contributed by atoms with Crippen LogP contribution in [-0.2, 0) is 50.7 Å². The highest BCUT2D eigenvalue weighted by Gasteiger charge is 2.47. The van der Waals surface area contributed by atoms with Crippen molar-refractivity contribution in [3.05, 3.63) is 37.0 Å². The summed E-state index contributed by atoms with van der Waals surface area (Å²) in [7, 11) is -17.6. The van der Waals surface area contributed by atoms with Crippen LogP contribution in [0.3, 0.4) is 0 Å². The molecular weight excluding hydrogens is 891 g/mol. The van der Waals surface area contributed by atoms with Crippen molar-refractivity contribution in [2.45, 2.75) is 96.4 Å². The number of unbranched alkanes of at least 4 members (excludes halogenated alkanes) is 5. The summed E-state index contributed by atoms with van der Waals surface area (Å²) < 4.78 is 60.6. The maximum atomic E-state index is 12.6. The summed E-state index contributed by atoms with van der Waals surface area (Å²) >= 11 is 1.04. The lowest BCUT2D eigenvalue weighted by atomic mass is 9.87. The number of hydrogen-bond donors (Lipinski definition) is 5. The van der Waals surface area contributed by atoms with Crippen molar-refractivity contribution >= 4 is 69.1 Å². The summed E-state index contributed by atoms with van der Waals surface area (Å²) in [5.74, 6) is -1.22. The van der Waals surface area contributed by atoms with Gasteiger partial charge in [0.2, 0.25) is 16.9 Å². The molecular formula is C33H50N7O17P3S-4. The van der Waals surface area contributed by atoms with Crippen LogP contribution in [0, 0.1) is 5.41 Å². The van der Waals surface area contributed by atoms with E-state index >= 15 is 0 Å². The quantitative estimate of drug-likeness (QED) is 0.0329. The van der Waals surface area contributed by atoms with Crippen molar-refractivity contribution < 1.29 is 80.5 Å². The van der Waals surface area contributed by atoms with Gasteiger partial charge in [0.05, 0.1) is 27.4 Å². The topological polar surface area (TPSA) is 375 Å². The molecule has 0 saturated carbocycles. The Hall–Kier alpha value is -2.96. The summed E-state index contributed by atoms with van der Waals surface area (Å²) in [5, 5.41) is 26.2. The normalized spacial score (nSPS) is 21.1. The first-order valence-electron chi connectivity index (χ1n) is 18.8. The van der Waals surface area contributed by atoms with E-state index in [4.69, 9.17) is 10.5 Å². The molecule has 24 nitrogen and oxygen atoms in total. The molecule has 0 aliphatic carbocycles. The van der Waals surface area contributed by atoms with Crippen LogP contribution in [0.25, 0.3) is 11.2 Å². The molecule has 1 fully saturated rings. The number of nitrogen functional groups attached to an aromatic ring is 1. The van der Waals surface area contributed by atoms with Crippen molar-refractivity contribution in [3.63, 3.8) is 0 Å². The fourth-order valence-corrected chi connectivity index (χ4v) is 8.86. The number of hydrogen-bond acceptors (Lipinski definition) is 22. The van der Waals surface area contributed by atoms with E-state index < -0.39 is 84.6 Å². The zero-order valence-electron chi connectivity index (χ0n) is 33.5. The first-order chi connectivity index (χ1) is 28.6. The summed E-state index contributed by atoms with van der Waals surface area (Å²) in [4.78, 5) is 96.3. The maximum Gasteiger partial charge on any atom is 0.274 e. The smallest absolute Gasteiger partial charge is 0.274 e. The number of nitrogens with one attached hydrogen (secondary N) is 2. The SMILES string of the molecule is C/C=C/CCCCCC/C=C/C(=O)SCCNC(=O)CCNC(=O)[C@H](O)C(C)(C)COP(=O)([O-])OP(=O)([O-])OC[C@H]1O[C@@H](n2cnc3c(N)ncnc32)[C@H](O)[C@@H]1OP(=O)([O-])[O-]. The highest BCUT2D eigenvalue weighted by atomic mass is 32.2. The summed E-state index contributed by atoms with van der Waals surface area (Å²) in [6, 6.07) is 0. The fraction of sp³-hybridized carbons (Fsp3) is 0.636. The lowest BCUT2D eigenvalue weighted by Gasteiger charge is -2.36. The molecule has 7 atom stereocenters. The Kier molecular flexibility index (Phi) is 20.8. The molecule has 2 unspecified atom stereocenters. The summed E-state index contributed by atoms with van der Waals surface area (Å²) in [6.45, 7) is 2.09. The Bertz CT molecular complexity index is 1980. The molecule has 0 spiro atoms. The van der Waals surface area contributed by atoms with Gasteiger partial charge in [-0.15, -0.1) is 0 Å². The van der Waals surface area contributed by atoms with Gasteiger partial charge in [0.15, 0.2) is 17.7 Å². The molecule has 1 aliphatic heterocycles. The van der Waals surface area contributed by atoms with Gasteiger partial charge < -0.3 is 69.0 Å². The molecule has 3 rings (SSSR count).